The zero-order valence-electron chi connectivity index (χ0n) is 13.9. The molecule has 0 aliphatic heterocycles. The number of carbonyl (C=O) groups is 1. The number of aromatic nitrogens is 2. The van der Waals surface area contributed by atoms with E-state index in [0.29, 0.717) is 34.4 Å². The second-order valence-corrected chi connectivity index (χ2v) is 5.09. The topological polar surface area (TPSA) is 76.6 Å². The number of nitrogens with zero attached hydrogens (tertiary/aromatic N) is 3. The zero-order chi connectivity index (χ0) is 17.0. The van der Waals surface area contributed by atoms with Crippen LogP contribution in [0.1, 0.15) is 16.1 Å². The number of nitrogens with one attached hydrogen (secondary N) is 1. The molecule has 0 bridgehead atoms. The van der Waals surface area contributed by atoms with Gasteiger partial charge in [0.1, 0.15) is 0 Å². The Hall–Kier alpha value is -2.83. The van der Waals surface area contributed by atoms with Crippen LogP contribution in [0.2, 0.25) is 0 Å². The minimum absolute atomic E-state index is 0.278. The lowest BCUT2D eigenvalue weighted by Crippen LogP contribution is -2.18. The summed E-state index contributed by atoms with van der Waals surface area (Å²) in [6.45, 7) is 1.78. The van der Waals surface area contributed by atoms with Gasteiger partial charge in [-0.1, -0.05) is 0 Å². The maximum Gasteiger partial charge on any atom is 0.259 e. The van der Waals surface area contributed by atoms with Gasteiger partial charge in [0.05, 0.1) is 25.5 Å². The van der Waals surface area contributed by atoms with Gasteiger partial charge in [0.2, 0.25) is 5.95 Å². The number of rotatable bonds is 5. The van der Waals surface area contributed by atoms with Crippen LogP contribution in [0.5, 0.6) is 11.5 Å². The van der Waals surface area contributed by atoms with E-state index in [1.54, 1.807) is 44.2 Å². The number of hydrogen-bond donors (Lipinski definition) is 1. The van der Waals surface area contributed by atoms with E-state index in [-0.39, 0.29) is 5.91 Å². The molecule has 7 heteroatoms. The summed E-state index contributed by atoms with van der Waals surface area (Å²) in [5, 5.41) is 2.81. The van der Waals surface area contributed by atoms with Gasteiger partial charge in [-0.15, -0.1) is 0 Å². The van der Waals surface area contributed by atoms with Crippen LogP contribution >= 0.6 is 0 Å². The first-order chi connectivity index (χ1) is 11.0. The highest BCUT2D eigenvalue weighted by atomic mass is 16.5. The summed E-state index contributed by atoms with van der Waals surface area (Å²) < 4.78 is 10.4. The van der Waals surface area contributed by atoms with Crippen molar-refractivity contribution in [2.75, 3.05) is 38.5 Å². The summed E-state index contributed by atoms with van der Waals surface area (Å²) in [6.07, 6.45) is 1.52. The van der Waals surface area contributed by atoms with E-state index in [1.165, 1.54) is 6.20 Å². The van der Waals surface area contributed by atoms with E-state index >= 15 is 0 Å². The van der Waals surface area contributed by atoms with Crippen LogP contribution in [0.15, 0.2) is 24.4 Å². The lowest BCUT2D eigenvalue weighted by molar-refractivity contribution is 0.102. The van der Waals surface area contributed by atoms with E-state index in [1.807, 2.05) is 14.1 Å². The molecule has 2 rings (SSSR count). The molecule has 0 aliphatic carbocycles. The molecule has 0 aliphatic rings. The molecule has 0 unspecified atom stereocenters. The molecule has 2 aromatic rings. The summed E-state index contributed by atoms with van der Waals surface area (Å²) in [7, 11) is 6.79. The Kier molecular flexibility index (Phi) is 5.00. The Morgan fingerprint density at radius 2 is 1.87 bits per heavy atom. The normalized spacial score (nSPS) is 10.1. The predicted octanol–water partition coefficient (Wildman–Crippen LogP) is 2.12. The quantitative estimate of drug-likeness (QED) is 0.910. The Balaban J connectivity index is 2.22. The number of ether oxygens (including phenoxy) is 2. The first kappa shape index (κ1) is 16.5. The SMILES string of the molecule is COc1ccc(NC(=O)c2cnc(N(C)C)nc2C)cc1OC. The fourth-order valence-corrected chi connectivity index (χ4v) is 2.01. The fraction of sp³-hybridized carbons (Fsp3) is 0.312. The zero-order valence-corrected chi connectivity index (χ0v) is 13.9. The Labute approximate surface area is 135 Å². The van der Waals surface area contributed by atoms with Gasteiger partial charge in [0.15, 0.2) is 11.5 Å². The summed E-state index contributed by atoms with van der Waals surface area (Å²) >= 11 is 0. The monoisotopic (exact) mass is 316 g/mol. The first-order valence-corrected chi connectivity index (χ1v) is 7.00. The van der Waals surface area contributed by atoms with Crippen LogP contribution in [-0.4, -0.2) is 44.2 Å². The van der Waals surface area contributed by atoms with Crippen LogP contribution in [0.4, 0.5) is 11.6 Å². The van der Waals surface area contributed by atoms with Crippen molar-refractivity contribution in [2.45, 2.75) is 6.92 Å². The smallest absolute Gasteiger partial charge is 0.259 e. The van der Waals surface area contributed by atoms with Crippen LogP contribution in [0.25, 0.3) is 0 Å². The van der Waals surface area contributed by atoms with Crippen molar-refractivity contribution in [3.8, 4) is 11.5 Å². The van der Waals surface area contributed by atoms with Crippen LogP contribution < -0.4 is 19.7 Å². The van der Waals surface area contributed by atoms with Crippen LogP contribution in [0.3, 0.4) is 0 Å². The maximum absolute atomic E-state index is 12.4. The molecule has 1 heterocycles. The second kappa shape index (κ2) is 6.95. The van der Waals surface area contributed by atoms with Crippen LogP contribution in [0, 0.1) is 6.92 Å². The van der Waals surface area contributed by atoms with E-state index in [9.17, 15) is 4.79 Å². The number of hydrogen-bond acceptors (Lipinski definition) is 6. The van der Waals surface area contributed by atoms with Gasteiger partial charge in [0.25, 0.3) is 5.91 Å². The van der Waals surface area contributed by atoms with Crippen molar-refractivity contribution in [1.82, 2.24) is 9.97 Å². The number of anilines is 2. The third-order valence-electron chi connectivity index (χ3n) is 3.25. The molecule has 0 atom stereocenters. The molecule has 1 aromatic heterocycles. The molecule has 1 N–H and O–H groups in total. The summed E-state index contributed by atoms with van der Waals surface area (Å²) in [4.78, 5) is 22.7. The molecule has 122 valence electrons. The minimum Gasteiger partial charge on any atom is -0.493 e. The van der Waals surface area contributed by atoms with Gasteiger partial charge in [-0.2, -0.15) is 0 Å². The summed E-state index contributed by atoms with van der Waals surface area (Å²) in [6, 6.07) is 5.16. The minimum atomic E-state index is -0.278. The molecular formula is C16H20N4O3. The predicted molar refractivity (Wildman–Crippen MR) is 88.6 cm³/mol. The second-order valence-electron chi connectivity index (χ2n) is 5.09. The van der Waals surface area contributed by atoms with Gasteiger partial charge in [-0.05, 0) is 19.1 Å². The first-order valence-electron chi connectivity index (χ1n) is 7.00. The molecular weight excluding hydrogens is 296 g/mol. The summed E-state index contributed by atoms with van der Waals surface area (Å²) in [5.41, 5.74) is 1.63. The fourth-order valence-electron chi connectivity index (χ4n) is 2.01. The molecule has 0 saturated carbocycles. The standard InChI is InChI=1S/C16H20N4O3/c1-10-12(9-17-16(18-10)20(2)3)15(21)19-11-6-7-13(22-4)14(8-11)23-5/h6-9H,1-5H3,(H,19,21). The highest BCUT2D eigenvalue weighted by molar-refractivity contribution is 6.05. The van der Waals surface area contributed by atoms with Crippen molar-refractivity contribution in [2.24, 2.45) is 0 Å². The third kappa shape index (κ3) is 3.68. The van der Waals surface area contributed by atoms with Gasteiger partial charge >= 0.3 is 0 Å². The van der Waals surface area contributed by atoms with E-state index in [0.717, 1.165) is 0 Å². The van der Waals surface area contributed by atoms with Crippen molar-refractivity contribution >= 4 is 17.5 Å². The highest BCUT2D eigenvalue weighted by Gasteiger charge is 2.14. The van der Waals surface area contributed by atoms with Crippen molar-refractivity contribution in [3.63, 3.8) is 0 Å². The molecule has 0 radical (unpaired) electrons. The van der Waals surface area contributed by atoms with Gasteiger partial charge < -0.3 is 19.7 Å². The van der Waals surface area contributed by atoms with Crippen molar-refractivity contribution < 1.29 is 14.3 Å². The van der Waals surface area contributed by atoms with Crippen molar-refractivity contribution in [1.29, 1.82) is 0 Å². The average Bonchev–Trinajstić information content (AvgIpc) is 2.54. The Bertz CT molecular complexity index is 716. The molecule has 1 amide bonds. The average molecular weight is 316 g/mol. The number of methoxy groups -OCH3 is 2. The number of amides is 1. The Morgan fingerprint density at radius 3 is 2.43 bits per heavy atom. The molecule has 0 fully saturated rings. The molecule has 0 spiro atoms. The Morgan fingerprint density at radius 1 is 1.17 bits per heavy atom. The highest BCUT2D eigenvalue weighted by Crippen LogP contribution is 2.30. The van der Waals surface area contributed by atoms with Gasteiger partial charge in [0, 0.05) is 32.0 Å². The largest absolute Gasteiger partial charge is 0.493 e. The number of benzene rings is 1. The van der Waals surface area contributed by atoms with Gasteiger partial charge in [-0.25, -0.2) is 9.97 Å². The molecule has 7 nitrogen and oxygen atoms in total. The van der Waals surface area contributed by atoms with E-state index < -0.39 is 0 Å². The van der Waals surface area contributed by atoms with Crippen LogP contribution in [-0.2, 0) is 0 Å². The number of aryl methyl sites for hydroxylation is 1. The van der Waals surface area contributed by atoms with Crippen molar-refractivity contribution in [3.05, 3.63) is 35.7 Å². The van der Waals surface area contributed by atoms with E-state index in [4.69, 9.17) is 9.47 Å². The molecule has 23 heavy (non-hydrogen) atoms. The lowest BCUT2D eigenvalue weighted by atomic mass is 10.2. The summed E-state index contributed by atoms with van der Waals surface area (Å²) in [5.74, 6) is 1.42. The third-order valence-corrected chi connectivity index (χ3v) is 3.25. The maximum atomic E-state index is 12.4. The lowest BCUT2D eigenvalue weighted by Gasteiger charge is -2.13. The molecule has 1 aromatic carbocycles. The van der Waals surface area contributed by atoms with E-state index in [2.05, 4.69) is 15.3 Å². The number of carbonyl (C=O) groups excluding carboxylic acids is 1. The van der Waals surface area contributed by atoms with Gasteiger partial charge in [-0.3, -0.25) is 4.79 Å². The molecule has 0 saturated heterocycles.